The fraction of sp³-hybridized carbons (Fsp3) is 0.250. The zero-order valence-electron chi connectivity index (χ0n) is 9.24. The van der Waals surface area contributed by atoms with Gasteiger partial charge in [-0.25, -0.2) is 4.98 Å². The molecule has 18 heavy (non-hydrogen) atoms. The highest BCUT2D eigenvalue weighted by Gasteiger charge is 2.29. The highest BCUT2D eigenvalue weighted by molar-refractivity contribution is 5.89. The van der Waals surface area contributed by atoms with Gasteiger partial charge in [-0.1, -0.05) is 18.2 Å². The first-order valence-electron chi connectivity index (χ1n) is 5.18. The molecule has 0 aliphatic heterocycles. The number of rotatable bonds is 3. The molecule has 0 fully saturated rings. The second-order valence-corrected chi connectivity index (χ2v) is 3.70. The topological polar surface area (TPSA) is 42.4 Å². The summed E-state index contributed by atoms with van der Waals surface area (Å²) >= 11 is 0. The molecule has 2 aromatic rings. The van der Waals surface area contributed by atoms with Crippen molar-refractivity contribution in [1.29, 1.82) is 0 Å². The van der Waals surface area contributed by atoms with E-state index < -0.39 is 12.8 Å². The maximum atomic E-state index is 12.1. The van der Waals surface area contributed by atoms with Crippen LogP contribution in [0, 0.1) is 0 Å². The first-order valence-corrected chi connectivity index (χ1v) is 5.18. The molecule has 0 saturated heterocycles. The van der Waals surface area contributed by atoms with E-state index in [9.17, 15) is 13.2 Å². The third-order valence-electron chi connectivity index (χ3n) is 2.38. The molecule has 0 spiro atoms. The number of halogens is 3. The van der Waals surface area contributed by atoms with Crippen molar-refractivity contribution >= 4 is 10.8 Å². The van der Waals surface area contributed by atoms with Crippen LogP contribution in [0.15, 0.2) is 30.5 Å². The molecule has 0 unspecified atom stereocenters. The number of aromatic nitrogens is 1. The number of hydrogen-bond acceptors (Lipinski definition) is 3. The Morgan fingerprint density at radius 3 is 2.44 bits per heavy atom. The van der Waals surface area contributed by atoms with E-state index in [1.165, 1.54) is 6.20 Å². The lowest BCUT2D eigenvalue weighted by atomic mass is 10.1. The summed E-state index contributed by atoms with van der Waals surface area (Å²) in [6.45, 7) is -1.62. The predicted octanol–water partition coefficient (Wildman–Crippen LogP) is 2.67. The molecule has 0 aliphatic rings. The van der Waals surface area contributed by atoms with Gasteiger partial charge in [0.1, 0.15) is 0 Å². The van der Waals surface area contributed by atoms with Gasteiger partial charge in [0.2, 0.25) is 5.88 Å². The average molecular weight is 257 g/mol. The lowest BCUT2D eigenvalue weighted by molar-refractivity contribution is -0.153. The summed E-state index contributed by atoms with van der Waals surface area (Å²) in [5.74, 6) is -0.0832. The van der Waals surface area contributed by atoms with Gasteiger partial charge in [0.25, 0.3) is 0 Å². The molecule has 0 atom stereocenters. The van der Waals surface area contributed by atoms with Crippen molar-refractivity contribution < 1.29 is 23.0 Å². The van der Waals surface area contributed by atoms with Crippen molar-refractivity contribution in [3.05, 3.63) is 36.0 Å². The maximum absolute atomic E-state index is 12.1. The number of ether oxygens (including phenoxy) is 1. The third-order valence-corrected chi connectivity index (χ3v) is 2.38. The van der Waals surface area contributed by atoms with Crippen LogP contribution in [0.4, 0.5) is 13.2 Å². The first-order chi connectivity index (χ1) is 8.51. The van der Waals surface area contributed by atoms with Gasteiger partial charge in [-0.2, -0.15) is 13.2 Å². The number of alkyl halides is 3. The van der Waals surface area contributed by atoms with Gasteiger partial charge < -0.3 is 9.84 Å². The standard InChI is InChI=1S/C12H10F3NO2/c13-12(14,15)7-18-11-10-4-2-1-3-9(10)8(6-17)5-16-11/h1-5,17H,6-7H2. The molecule has 1 aromatic heterocycles. The Kier molecular flexibility index (Phi) is 3.38. The first kappa shape index (κ1) is 12.6. The third kappa shape index (κ3) is 2.70. The van der Waals surface area contributed by atoms with Crippen LogP contribution in [0.25, 0.3) is 10.8 Å². The molecule has 1 aromatic carbocycles. The molecular formula is C12H10F3NO2. The fourth-order valence-electron chi connectivity index (χ4n) is 1.62. The van der Waals surface area contributed by atoms with Gasteiger partial charge in [-0.05, 0) is 11.5 Å². The van der Waals surface area contributed by atoms with E-state index in [1.807, 2.05) is 0 Å². The monoisotopic (exact) mass is 257 g/mol. The molecule has 6 heteroatoms. The molecule has 0 saturated carbocycles. The predicted molar refractivity (Wildman–Crippen MR) is 59.2 cm³/mol. The highest BCUT2D eigenvalue weighted by atomic mass is 19.4. The Morgan fingerprint density at radius 1 is 1.17 bits per heavy atom. The summed E-state index contributed by atoms with van der Waals surface area (Å²) in [6.07, 6.45) is -3.09. The molecule has 0 radical (unpaired) electrons. The van der Waals surface area contributed by atoms with Crippen LogP contribution in [0.2, 0.25) is 0 Å². The van der Waals surface area contributed by atoms with Crippen LogP contribution in [-0.2, 0) is 6.61 Å². The lowest BCUT2D eigenvalue weighted by Crippen LogP contribution is -2.19. The molecule has 0 amide bonds. The van der Waals surface area contributed by atoms with Crippen LogP contribution in [0.5, 0.6) is 5.88 Å². The van der Waals surface area contributed by atoms with E-state index in [-0.39, 0.29) is 12.5 Å². The zero-order valence-corrected chi connectivity index (χ0v) is 9.24. The number of fused-ring (bicyclic) bond motifs is 1. The second kappa shape index (κ2) is 4.81. The van der Waals surface area contributed by atoms with E-state index in [2.05, 4.69) is 9.72 Å². The number of benzene rings is 1. The van der Waals surface area contributed by atoms with E-state index in [1.54, 1.807) is 24.3 Å². The quantitative estimate of drug-likeness (QED) is 0.919. The molecule has 2 rings (SSSR count). The van der Waals surface area contributed by atoms with Crippen molar-refractivity contribution in [2.24, 2.45) is 0 Å². The number of hydrogen-bond donors (Lipinski definition) is 1. The molecule has 0 aliphatic carbocycles. The van der Waals surface area contributed by atoms with Crippen molar-refractivity contribution in [1.82, 2.24) is 4.98 Å². The molecule has 96 valence electrons. The summed E-state index contributed by atoms with van der Waals surface area (Å²) in [4.78, 5) is 3.80. The van der Waals surface area contributed by atoms with Gasteiger partial charge >= 0.3 is 6.18 Å². The minimum absolute atomic E-state index is 0.0832. The Labute approximate surface area is 101 Å². The van der Waals surface area contributed by atoms with Crippen molar-refractivity contribution in [3.63, 3.8) is 0 Å². The normalized spacial score (nSPS) is 11.8. The van der Waals surface area contributed by atoms with Gasteiger partial charge in [0.05, 0.1) is 6.61 Å². The number of aliphatic hydroxyl groups excluding tert-OH is 1. The SMILES string of the molecule is OCc1cnc(OCC(F)(F)F)c2ccccc12. The minimum atomic E-state index is -4.40. The number of pyridine rings is 1. The second-order valence-electron chi connectivity index (χ2n) is 3.70. The van der Waals surface area contributed by atoms with Crippen LogP contribution in [-0.4, -0.2) is 22.9 Å². The fourth-order valence-corrected chi connectivity index (χ4v) is 1.62. The smallest absolute Gasteiger partial charge is 0.422 e. The average Bonchev–Trinajstić information content (AvgIpc) is 2.35. The summed E-state index contributed by atoms with van der Waals surface area (Å²) in [6, 6.07) is 6.71. The van der Waals surface area contributed by atoms with E-state index in [4.69, 9.17) is 5.11 Å². The summed E-state index contributed by atoms with van der Waals surface area (Å²) in [5, 5.41) is 10.2. The number of nitrogens with zero attached hydrogens (tertiary/aromatic N) is 1. The largest absolute Gasteiger partial charge is 0.468 e. The minimum Gasteiger partial charge on any atom is -0.468 e. The summed E-state index contributed by atoms with van der Waals surface area (Å²) in [7, 11) is 0. The van der Waals surface area contributed by atoms with Crippen molar-refractivity contribution in [2.45, 2.75) is 12.8 Å². The van der Waals surface area contributed by atoms with Gasteiger partial charge in [-0.3, -0.25) is 0 Å². The van der Waals surface area contributed by atoms with Crippen LogP contribution < -0.4 is 4.74 Å². The van der Waals surface area contributed by atoms with Crippen LogP contribution in [0.1, 0.15) is 5.56 Å². The Morgan fingerprint density at radius 2 is 1.83 bits per heavy atom. The Hall–Kier alpha value is -1.82. The lowest BCUT2D eigenvalue weighted by Gasteiger charge is -2.11. The van der Waals surface area contributed by atoms with E-state index >= 15 is 0 Å². The maximum Gasteiger partial charge on any atom is 0.422 e. The highest BCUT2D eigenvalue weighted by Crippen LogP contribution is 2.27. The summed E-state index contributed by atoms with van der Waals surface area (Å²) < 4.78 is 40.9. The van der Waals surface area contributed by atoms with Crippen molar-refractivity contribution in [3.8, 4) is 5.88 Å². The number of aliphatic hydroxyl groups is 1. The van der Waals surface area contributed by atoms with Gasteiger partial charge in [-0.15, -0.1) is 0 Å². The van der Waals surface area contributed by atoms with Gasteiger partial charge in [0, 0.05) is 17.1 Å². The van der Waals surface area contributed by atoms with E-state index in [0.717, 1.165) is 0 Å². The molecule has 1 N–H and O–H groups in total. The molecule has 0 bridgehead atoms. The summed E-state index contributed by atoms with van der Waals surface area (Å²) in [5.41, 5.74) is 0.546. The van der Waals surface area contributed by atoms with Crippen LogP contribution >= 0.6 is 0 Å². The van der Waals surface area contributed by atoms with Crippen LogP contribution in [0.3, 0.4) is 0 Å². The molecule has 1 heterocycles. The zero-order chi connectivity index (χ0) is 13.2. The Balaban J connectivity index is 2.40. The van der Waals surface area contributed by atoms with Gasteiger partial charge in [0.15, 0.2) is 6.61 Å². The van der Waals surface area contributed by atoms with E-state index in [0.29, 0.717) is 16.3 Å². The molecular weight excluding hydrogens is 247 g/mol. The molecule has 3 nitrogen and oxygen atoms in total. The van der Waals surface area contributed by atoms with Crippen molar-refractivity contribution in [2.75, 3.05) is 6.61 Å². The Bertz CT molecular complexity index is 555.